The number of piperazine rings is 1. The van der Waals surface area contributed by atoms with E-state index in [9.17, 15) is 0 Å². The van der Waals surface area contributed by atoms with E-state index in [1.165, 1.54) is 39.3 Å². The first kappa shape index (κ1) is 24.5. The Kier molecular flexibility index (Phi) is 7.74. The summed E-state index contributed by atoms with van der Waals surface area (Å²) in [6, 6.07) is 15.6. The van der Waals surface area contributed by atoms with E-state index in [-0.39, 0.29) is 0 Å². The minimum absolute atomic E-state index is 0.917. The zero-order chi connectivity index (χ0) is 24.2. The van der Waals surface area contributed by atoms with Crippen molar-refractivity contribution in [2.24, 2.45) is 0 Å². The van der Waals surface area contributed by atoms with Crippen molar-refractivity contribution in [2.75, 3.05) is 44.7 Å². The van der Waals surface area contributed by atoms with Crippen LogP contribution in [0.1, 0.15) is 47.4 Å². The molecule has 1 saturated heterocycles. The first-order valence-electron chi connectivity index (χ1n) is 12.8. The fraction of sp³-hybridized carbons (Fsp3) is 0.483. The molecular weight excluding hydrogens is 418 g/mol. The first-order valence-corrected chi connectivity index (χ1v) is 12.8. The number of aryl methyl sites for hydroxylation is 4. The second-order valence-corrected chi connectivity index (χ2v) is 9.88. The zero-order valence-corrected chi connectivity index (χ0v) is 21.9. The van der Waals surface area contributed by atoms with E-state index >= 15 is 0 Å². The molecule has 182 valence electrons. The predicted octanol–water partition coefficient (Wildman–Crippen LogP) is 5.13. The van der Waals surface area contributed by atoms with Gasteiger partial charge >= 0.3 is 0 Å². The highest BCUT2D eigenvalue weighted by Crippen LogP contribution is 2.31. The Hall–Kier alpha value is -2.63. The van der Waals surface area contributed by atoms with Crippen LogP contribution >= 0.6 is 0 Å². The zero-order valence-electron chi connectivity index (χ0n) is 21.9. The summed E-state index contributed by atoms with van der Waals surface area (Å²) >= 11 is 0. The fourth-order valence-electron chi connectivity index (χ4n) is 4.98. The Balaban J connectivity index is 1.73. The van der Waals surface area contributed by atoms with Crippen molar-refractivity contribution in [3.05, 3.63) is 76.0 Å². The van der Waals surface area contributed by atoms with Gasteiger partial charge in [-0.25, -0.2) is 4.68 Å². The minimum Gasteiger partial charge on any atom is -0.354 e. The molecule has 0 amide bonds. The smallest absolute Gasteiger partial charge is 0.137 e. The van der Waals surface area contributed by atoms with Crippen molar-refractivity contribution < 1.29 is 0 Å². The van der Waals surface area contributed by atoms with Gasteiger partial charge in [0.1, 0.15) is 5.82 Å². The molecule has 2 aromatic carbocycles. The van der Waals surface area contributed by atoms with Crippen LogP contribution in [0.4, 0.5) is 5.82 Å². The van der Waals surface area contributed by atoms with E-state index < -0.39 is 0 Å². The highest BCUT2D eigenvalue weighted by atomic mass is 15.4. The highest BCUT2D eigenvalue weighted by Gasteiger charge is 2.26. The first-order chi connectivity index (χ1) is 16.4. The van der Waals surface area contributed by atoms with Crippen LogP contribution < -0.4 is 4.90 Å². The molecule has 4 rings (SSSR count). The van der Waals surface area contributed by atoms with Crippen LogP contribution in [-0.2, 0) is 19.5 Å². The Morgan fingerprint density at radius 1 is 0.882 bits per heavy atom. The molecule has 0 aliphatic carbocycles. The average Bonchev–Trinajstić information content (AvgIpc) is 3.19. The summed E-state index contributed by atoms with van der Waals surface area (Å²) in [6.07, 6.45) is 0.940. The Morgan fingerprint density at radius 3 is 2.26 bits per heavy atom. The number of rotatable bonds is 8. The second kappa shape index (κ2) is 10.7. The van der Waals surface area contributed by atoms with Gasteiger partial charge in [-0.1, -0.05) is 49.7 Å². The Labute approximate surface area is 206 Å². The van der Waals surface area contributed by atoms with Gasteiger partial charge in [0, 0.05) is 44.8 Å². The summed E-state index contributed by atoms with van der Waals surface area (Å²) in [6.45, 7) is 18.2. The van der Waals surface area contributed by atoms with Crippen LogP contribution in [0, 0.1) is 20.8 Å². The minimum atomic E-state index is 0.917. The molecule has 2 heterocycles. The van der Waals surface area contributed by atoms with Gasteiger partial charge in [-0.05, 0) is 69.6 Å². The van der Waals surface area contributed by atoms with Gasteiger partial charge in [0.2, 0.25) is 0 Å². The number of nitrogens with zero attached hydrogens (tertiary/aromatic N) is 5. The van der Waals surface area contributed by atoms with Crippen molar-refractivity contribution in [1.29, 1.82) is 0 Å². The van der Waals surface area contributed by atoms with E-state index in [1.807, 2.05) is 0 Å². The van der Waals surface area contributed by atoms with Gasteiger partial charge in [-0.2, -0.15) is 5.10 Å². The van der Waals surface area contributed by atoms with Gasteiger partial charge < -0.3 is 9.80 Å². The lowest BCUT2D eigenvalue weighted by Gasteiger charge is -2.35. The van der Waals surface area contributed by atoms with Crippen molar-refractivity contribution in [2.45, 2.75) is 54.1 Å². The van der Waals surface area contributed by atoms with E-state index in [0.717, 1.165) is 57.9 Å². The summed E-state index contributed by atoms with van der Waals surface area (Å²) < 4.78 is 2.22. The lowest BCUT2D eigenvalue weighted by atomic mass is 10.0. The quantitative estimate of drug-likeness (QED) is 0.467. The van der Waals surface area contributed by atoms with Crippen LogP contribution in [0.15, 0.2) is 42.5 Å². The topological polar surface area (TPSA) is 27.5 Å². The summed E-state index contributed by atoms with van der Waals surface area (Å²) in [5.74, 6) is 1.29. The molecule has 34 heavy (non-hydrogen) atoms. The van der Waals surface area contributed by atoms with Crippen molar-refractivity contribution in [1.82, 2.24) is 19.6 Å². The molecule has 1 aliphatic rings. The number of anilines is 1. The van der Waals surface area contributed by atoms with Gasteiger partial charge in [0.15, 0.2) is 0 Å². The molecule has 0 unspecified atom stereocenters. The maximum atomic E-state index is 5.19. The van der Waals surface area contributed by atoms with E-state index in [1.54, 1.807) is 0 Å². The molecular formula is C29H41N5. The van der Waals surface area contributed by atoms with Crippen LogP contribution in [0.2, 0.25) is 0 Å². The number of hydrogen-bond acceptors (Lipinski definition) is 4. The second-order valence-electron chi connectivity index (χ2n) is 9.88. The summed E-state index contributed by atoms with van der Waals surface area (Å²) in [5, 5.41) is 5.19. The molecule has 5 heteroatoms. The number of aromatic nitrogens is 2. The third-order valence-electron chi connectivity index (χ3n) is 7.14. The SMILES string of the molecule is CCc1nn(-c2cccc(C)c2)c(N2CCN(C)CC2)c1CN(CC)Cc1ccc(C)cc1C. The van der Waals surface area contributed by atoms with Crippen molar-refractivity contribution in [3.8, 4) is 5.69 Å². The molecule has 1 aliphatic heterocycles. The maximum absolute atomic E-state index is 5.19. The monoisotopic (exact) mass is 459 g/mol. The van der Waals surface area contributed by atoms with Crippen LogP contribution in [0.3, 0.4) is 0 Å². The third kappa shape index (κ3) is 5.37. The molecule has 0 N–H and O–H groups in total. The van der Waals surface area contributed by atoms with Gasteiger partial charge in [0.25, 0.3) is 0 Å². The van der Waals surface area contributed by atoms with Crippen LogP contribution in [0.5, 0.6) is 0 Å². The van der Waals surface area contributed by atoms with E-state index in [0.29, 0.717) is 0 Å². The predicted molar refractivity (Wildman–Crippen MR) is 143 cm³/mol. The van der Waals surface area contributed by atoms with Crippen LogP contribution in [-0.4, -0.2) is 59.4 Å². The largest absolute Gasteiger partial charge is 0.354 e. The molecule has 1 fully saturated rings. The van der Waals surface area contributed by atoms with Crippen LogP contribution in [0.25, 0.3) is 5.69 Å². The summed E-state index contributed by atoms with van der Waals surface area (Å²) in [4.78, 5) is 7.55. The standard InChI is InChI=1S/C29H41N5/c1-7-28-27(21-32(8-2)20-25-13-12-23(4)18-24(25)5)29(33-16-14-31(6)15-17-33)34(30-28)26-11-9-10-22(3)19-26/h9-13,18-19H,7-8,14-17,20-21H2,1-6H3. The molecule has 0 spiro atoms. The van der Waals surface area contributed by atoms with E-state index in [2.05, 4.69) is 104 Å². The van der Waals surface area contributed by atoms with Crippen molar-refractivity contribution in [3.63, 3.8) is 0 Å². The Morgan fingerprint density at radius 2 is 1.62 bits per heavy atom. The normalized spacial score (nSPS) is 14.9. The summed E-state index contributed by atoms with van der Waals surface area (Å²) in [7, 11) is 2.22. The van der Waals surface area contributed by atoms with Crippen molar-refractivity contribution >= 4 is 5.82 Å². The fourth-order valence-corrected chi connectivity index (χ4v) is 4.98. The number of hydrogen-bond donors (Lipinski definition) is 0. The number of likely N-dealkylation sites (N-methyl/N-ethyl adjacent to an activating group) is 1. The third-order valence-corrected chi connectivity index (χ3v) is 7.14. The highest BCUT2D eigenvalue weighted by molar-refractivity contribution is 5.56. The molecule has 0 saturated carbocycles. The molecule has 3 aromatic rings. The maximum Gasteiger partial charge on any atom is 0.137 e. The average molecular weight is 460 g/mol. The molecule has 0 radical (unpaired) electrons. The molecule has 0 atom stereocenters. The van der Waals surface area contributed by atoms with Gasteiger partial charge in [0.05, 0.1) is 11.4 Å². The lowest BCUT2D eigenvalue weighted by Crippen LogP contribution is -2.45. The summed E-state index contributed by atoms with van der Waals surface area (Å²) in [5.41, 5.74) is 9.15. The van der Waals surface area contributed by atoms with E-state index in [4.69, 9.17) is 5.10 Å². The molecule has 1 aromatic heterocycles. The van der Waals surface area contributed by atoms with Gasteiger partial charge in [-0.3, -0.25) is 4.90 Å². The van der Waals surface area contributed by atoms with Gasteiger partial charge in [-0.15, -0.1) is 0 Å². The number of benzene rings is 2. The lowest BCUT2D eigenvalue weighted by molar-refractivity contribution is 0.269. The Bertz CT molecular complexity index is 1110. The molecule has 0 bridgehead atoms. The molecule has 5 nitrogen and oxygen atoms in total.